The lowest BCUT2D eigenvalue weighted by Crippen LogP contribution is -2.89. The van der Waals surface area contributed by atoms with Crippen LogP contribution in [-0.2, 0) is 52.4 Å². The molecule has 0 bridgehead atoms. The predicted molar refractivity (Wildman–Crippen MR) is 99.9 cm³/mol. The van der Waals surface area contributed by atoms with Crippen LogP contribution in [0, 0.1) is 11.8 Å². The lowest BCUT2D eigenvalue weighted by Gasteiger charge is -2.70. The molecule has 0 aromatic rings. The Morgan fingerprint density at radius 1 is 0.710 bits per heavy atom. The van der Waals surface area contributed by atoms with Gasteiger partial charge >= 0.3 is 29.8 Å². The number of hydrogen-bond donors (Lipinski definition) is 0. The lowest BCUT2D eigenvalue weighted by atomic mass is 9.46. The molecule has 11 heteroatoms. The molecule has 2 unspecified atom stereocenters. The monoisotopic (exact) mass is 444 g/mol. The summed E-state index contributed by atoms with van der Waals surface area (Å²) in [4.78, 5) is 59.4. The number of hydrogen-bond acceptors (Lipinski definition) is 11. The molecular formula is C20H28O11. The summed E-state index contributed by atoms with van der Waals surface area (Å²) in [7, 11) is 0. The summed E-state index contributed by atoms with van der Waals surface area (Å²) in [6.07, 6.45) is -4.15. The van der Waals surface area contributed by atoms with Crippen molar-refractivity contribution in [1.82, 2.24) is 0 Å². The maximum Gasteiger partial charge on any atom is 0.305 e. The van der Waals surface area contributed by atoms with Crippen molar-refractivity contribution in [3.05, 3.63) is 0 Å². The number of ether oxygens (including phenoxy) is 6. The van der Waals surface area contributed by atoms with Gasteiger partial charge in [-0.05, 0) is 0 Å². The van der Waals surface area contributed by atoms with Gasteiger partial charge in [0.1, 0.15) is 12.7 Å². The van der Waals surface area contributed by atoms with Gasteiger partial charge in [0.05, 0.1) is 0 Å². The van der Waals surface area contributed by atoms with Crippen molar-refractivity contribution >= 4 is 29.8 Å². The minimum absolute atomic E-state index is 0.396. The van der Waals surface area contributed by atoms with E-state index in [4.69, 9.17) is 28.4 Å². The van der Waals surface area contributed by atoms with Crippen molar-refractivity contribution in [3.63, 3.8) is 0 Å². The van der Waals surface area contributed by atoms with Gasteiger partial charge in [-0.25, -0.2) is 0 Å². The first kappa shape index (κ1) is 24.6. The van der Waals surface area contributed by atoms with Gasteiger partial charge in [0.25, 0.3) is 0 Å². The molecule has 31 heavy (non-hydrogen) atoms. The molecule has 1 saturated carbocycles. The molecule has 2 fully saturated rings. The van der Waals surface area contributed by atoms with Crippen LogP contribution in [0.3, 0.4) is 0 Å². The molecule has 2 rings (SSSR count). The van der Waals surface area contributed by atoms with Gasteiger partial charge in [0, 0.05) is 46.5 Å². The largest absolute Gasteiger partial charge is 0.463 e. The Balaban J connectivity index is 2.74. The van der Waals surface area contributed by atoms with Gasteiger partial charge in [-0.3, -0.25) is 24.0 Å². The highest BCUT2D eigenvalue weighted by Gasteiger charge is 2.85. The second-order valence-electron chi connectivity index (χ2n) is 7.79. The molecule has 11 nitrogen and oxygen atoms in total. The highest BCUT2D eigenvalue weighted by atomic mass is 16.8. The average Bonchev–Trinajstić information content (AvgIpc) is 2.62. The normalized spacial score (nSPS) is 36.2. The van der Waals surface area contributed by atoms with Gasteiger partial charge in [-0.15, -0.1) is 0 Å². The van der Waals surface area contributed by atoms with Crippen molar-refractivity contribution in [1.29, 1.82) is 0 Å². The standard InChI is InChI=1S/C20H28O11/c1-9-10(2)20(31-15(7)25)17(27-12(4)22)18(28-13(5)23)29-16(8-26-11(3)21)19(9,20)30-14(6)24/h9-10,16-18H,8H2,1-7H3/t9-,10-,16-,17-,18?,19?,20-/m1/s1. The second kappa shape index (κ2) is 8.81. The van der Waals surface area contributed by atoms with Gasteiger partial charge in [0.2, 0.25) is 18.0 Å². The van der Waals surface area contributed by atoms with Crippen LogP contribution in [0.5, 0.6) is 0 Å². The third kappa shape index (κ3) is 4.10. The Bertz CT molecular complexity index is 777. The fraction of sp³-hybridized carbons (Fsp3) is 0.750. The van der Waals surface area contributed by atoms with E-state index < -0.39 is 78.0 Å². The molecule has 0 amide bonds. The molecular weight excluding hydrogens is 416 g/mol. The SMILES string of the molecule is CC(=O)OC[C@H]1OC(OC(C)=O)[C@@H](OC(C)=O)[C@]2(OC(C)=O)[C@H](C)[C@@H](C)C12OC(C)=O. The van der Waals surface area contributed by atoms with Crippen molar-refractivity contribution in [3.8, 4) is 0 Å². The van der Waals surface area contributed by atoms with E-state index in [-0.39, 0.29) is 0 Å². The zero-order valence-electron chi connectivity index (χ0n) is 18.6. The molecule has 174 valence electrons. The van der Waals surface area contributed by atoms with Crippen LogP contribution in [0.15, 0.2) is 0 Å². The Morgan fingerprint density at radius 2 is 1.19 bits per heavy atom. The average molecular weight is 444 g/mol. The van der Waals surface area contributed by atoms with Crippen LogP contribution in [0.4, 0.5) is 0 Å². The zero-order chi connectivity index (χ0) is 23.7. The summed E-state index contributed by atoms with van der Waals surface area (Å²) in [6.45, 7) is 8.77. The van der Waals surface area contributed by atoms with Gasteiger partial charge in [-0.2, -0.15) is 0 Å². The van der Waals surface area contributed by atoms with Crippen LogP contribution in [0.2, 0.25) is 0 Å². The van der Waals surface area contributed by atoms with Gasteiger partial charge in [0.15, 0.2) is 5.60 Å². The van der Waals surface area contributed by atoms with E-state index in [0.717, 1.165) is 27.7 Å². The maximum atomic E-state index is 12.2. The van der Waals surface area contributed by atoms with Crippen LogP contribution in [0.1, 0.15) is 48.5 Å². The van der Waals surface area contributed by atoms with Crippen LogP contribution >= 0.6 is 0 Å². The number of fused-ring (bicyclic) bond motifs is 1. The molecule has 0 aromatic heterocycles. The van der Waals surface area contributed by atoms with E-state index >= 15 is 0 Å². The molecule has 1 heterocycles. The van der Waals surface area contributed by atoms with Crippen molar-refractivity contribution in [2.24, 2.45) is 11.8 Å². The third-order valence-corrected chi connectivity index (χ3v) is 5.80. The van der Waals surface area contributed by atoms with Crippen LogP contribution in [0.25, 0.3) is 0 Å². The fourth-order valence-corrected chi connectivity index (χ4v) is 4.80. The number of carbonyl (C=O) groups excluding carboxylic acids is 5. The molecule has 7 atom stereocenters. The summed E-state index contributed by atoms with van der Waals surface area (Å²) < 4.78 is 33.0. The minimum Gasteiger partial charge on any atom is -0.463 e. The van der Waals surface area contributed by atoms with E-state index in [0.29, 0.717) is 0 Å². The predicted octanol–water partition coefficient (Wildman–Crippen LogP) is 0.659. The lowest BCUT2D eigenvalue weighted by molar-refractivity contribution is -0.427. The maximum absolute atomic E-state index is 12.2. The quantitative estimate of drug-likeness (QED) is 0.421. The number of rotatable bonds is 6. The highest BCUT2D eigenvalue weighted by Crippen LogP contribution is 2.64. The topological polar surface area (TPSA) is 141 Å². The molecule has 0 N–H and O–H groups in total. The first-order valence-corrected chi connectivity index (χ1v) is 9.82. The Morgan fingerprint density at radius 3 is 1.65 bits per heavy atom. The molecule has 2 aliphatic rings. The van der Waals surface area contributed by atoms with Gasteiger partial charge in [-0.1, -0.05) is 13.8 Å². The van der Waals surface area contributed by atoms with E-state index in [1.807, 2.05) is 0 Å². The summed E-state index contributed by atoms with van der Waals surface area (Å²) >= 11 is 0. The first-order valence-electron chi connectivity index (χ1n) is 9.82. The first-order chi connectivity index (χ1) is 14.3. The Kier molecular flexibility index (Phi) is 6.99. The number of carbonyl (C=O) groups is 5. The van der Waals surface area contributed by atoms with Gasteiger partial charge < -0.3 is 28.4 Å². The second-order valence-corrected chi connectivity index (χ2v) is 7.79. The van der Waals surface area contributed by atoms with Crippen molar-refractivity contribution < 1.29 is 52.4 Å². The number of esters is 5. The van der Waals surface area contributed by atoms with Crippen molar-refractivity contribution in [2.75, 3.05) is 6.61 Å². The Hall–Kier alpha value is -2.69. The zero-order valence-corrected chi connectivity index (χ0v) is 18.6. The summed E-state index contributed by atoms with van der Waals surface area (Å²) in [5.41, 5.74) is -3.45. The smallest absolute Gasteiger partial charge is 0.305 e. The molecule has 1 aliphatic heterocycles. The van der Waals surface area contributed by atoms with E-state index in [9.17, 15) is 24.0 Å². The summed E-state index contributed by atoms with van der Waals surface area (Å²) in [6, 6.07) is 0. The molecule has 1 aliphatic carbocycles. The fourth-order valence-electron chi connectivity index (χ4n) is 4.80. The summed E-state index contributed by atoms with van der Waals surface area (Å²) in [5.74, 6) is -4.63. The summed E-state index contributed by atoms with van der Waals surface area (Å²) in [5, 5.41) is 0. The molecule has 1 saturated heterocycles. The van der Waals surface area contributed by atoms with E-state index in [1.54, 1.807) is 13.8 Å². The highest BCUT2D eigenvalue weighted by molar-refractivity contribution is 5.71. The van der Waals surface area contributed by atoms with Crippen LogP contribution < -0.4 is 0 Å². The third-order valence-electron chi connectivity index (χ3n) is 5.80. The van der Waals surface area contributed by atoms with Crippen molar-refractivity contribution in [2.45, 2.75) is 78.2 Å². The molecule has 0 aromatic carbocycles. The van der Waals surface area contributed by atoms with E-state index in [1.165, 1.54) is 6.92 Å². The minimum atomic E-state index is -1.77. The van der Waals surface area contributed by atoms with Crippen LogP contribution in [-0.4, -0.2) is 66.2 Å². The molecule has 0 radical (unpaired) electrons. The Labute approximate surface area is 179 Å². The molecule has 0 spiro atoms. The van der Waals surface area contributed by atoms with E-state index in [2.05, 4.69) is 0 Å².